The van der Waals surface area contributed by atoms with Gasteiger partial charge in [-0.15, -0.1) is 0 Å². The van der Waals surface area contributed by atoms with Crippen LogP contribution < -0.4 is 15.1 Å². The molecule has 1 aromatic heterocycles. The van der Waals surface area contributed by atoms with Crippen LogP contribution in [0.1, 0.15) is 41.1 Å². The Balaban J connectivity index is 1.76. The molecule has 0 fully saturated rings. The zero-order chi connectivity index (χ0) is 23.1. The number of rotatable bonds is 5. The Hall–Kier alpha value is -2.90. The summed E-state index contributed by atoms with van der Waals surface area (Å²) in [5, 5.41) is 0.428. The van der Waals surface area contributed by atoms with Gasteiger partial charge in [0.15, 0.2) is 5.43 Å². The van der Waals surface area contributed by atoms with Crippen LogP contribution in [0.5, 0.6) is 5.75 Å². The molecule has 0 saturated heterocycles. The van der Waals surface area contributed by atoms with E-state index in [0.717, 1.165) is 20.9 Å². The minimum atomic E-state index is -0.640. The largest absolute Gasteiger partial charge is 0.494 e. The van der Waals surface area contributed by atoms with E-state index in [1.54, 1.807) is 23.1 Å². The highest BCUT2D eigenvalue weighted by Gasteiger charge is 2.43. The second kappa shape index (κ2) is 8.80. The van der Waals surface area contributed by atoms with Gasteiger partial charge in [0.1, 0.15) is 11.3 Å². The Morgan fingerprint density at radius 1 is 0.970 bits per heavy atom. The first-order valence-corrected chi connectivity index (χ1v) is 12.1. The molecule has 1 atom stereocenters. The molecule has 5 rings (SSSR count). The number of hydrogen-bond acceptors (Lipinski definition) is 4. The zero-order valence-electron chi connectivity index (χ0n) is 17.7. The summed E-state index contributed by atoms with van der Waals surface area (Å²) in [5.41, 5.74) is 1.95. The lowest BCUT2D eigenvalue weighted by Crippen LogP contribution is -2.29. The van der Waals surface area contributed by atoms with Crippen molar-refractivity contribution in [2.24, 2.45) is 0 Å². The summed E-state index contributed by atoms with van der Waals surface area (Å²) < 4.78 is 13.5. The average Bonchev–Trinajstić information content (AvgIpc) is 3.11. The van der Waals surface area contributed by atoms with E-state index in [1.165, 1.54) is 0 Å². The number of fused-ring (bicyclic) bond motifs is 2. The van der Waals surface area contributed by atoms with Crippen molar-refractivity contribution in [2.75, 3.05) is 11.5 Å². The minimum Gasteiger partial charge on any atom is -0.494 e. The Bertz CT molecular complexity index is 1430. The van der Waals surface area contributed by atoms with E-state index < -0.39 is 6.04 Å². The fourth-order valence-electron chi connectivity index (χ4n) is 4.12. The number of benzene rings is 3. The quantitative estimate of drug-likeness (QED) is 0.264. The smallest absolute Gasteiger partial charge is 0.295 e. The summed E-state index contributed by atoms with van der Waals surface area (Å²) in [7, 11) is 0. The SMILES string of the molecule is CCCOc1cccc(C2c3c(oc4ccc(Br)cc4c3=O)C(=O)N2c2ccc(Br)cc2)c1. The Labute approximate surface area is 207 Å². The Morgan fingerprint density at radius 3 is 2.48 bits per heavy atom. The van der Waals surface area contributed by atoms with Crippen molar-refractivity contribution >= 4 is 54.4 Å². The normalized spacial score (nSPS) is 15.2. The van der Waals surface area contributed by atoms with Crippen LogP contribution in [0.2, 0.25) is 0 Å². The molecule has 0 saturated carbocycles. The van der Waals surface area contributed by atoms with Gasteiger partial charge in [0.25, 0.3) is 5.91 Å². The first kappa shape index (κ1) is 21.9. The van der Waals surface area contributed by atoms with E-state index in [2.05, 4.69) is 31.9 Å². The Kier molecular flexibility index (Phi) is 5.85. The number of hydrogen-bond donors (Lipinski definition) is 0. The van der Waals surface area contributed by atoms with Gasteiger partial charge in [0, 0.05) is 14.6 Å². The van der Waals surface area contributed by atoms with Crippen molar-refractivity contribution in [3.8, 4) is 5.75 Å². The number of anilines is 1. The van der Waals surface area contributed by atoms with Crippen LogP contribution in [0, 0.1) is 0 Å². The maximum atomic E-state index is 13.7. The van der Waals surface area contributed by atoms with Crippen LogP contribution >= 0.6 is 31.9 Å². The molecule has 0 radical (unpaired) electrons. The predicted molar refractivity (Wildman–Crippen MR) is 135 cm³/mol. The average molecular weight is 569 g/mol. The van der Waals surface area contributed by atoms with Crippen molar-refractivity contribution in [3.63, 3.8) is 0 Å². The molecule has 1 unspecified atom stereocenters. The van der Waals surface area contributed by atoms with Crippen molar-refractivity contribution in [1.82, 2.24) is 0 Å². The highest BCUT2D eigenvalue weighted by atomic mass is 79.9. The molecular formula is C26H19Br2NO4. The third-order valence-corrected chi connectivity index (χ3v) is 6.61. The second-order valence-electron chi connectivity index (χ2n) is 7.79. The fourth-order valence-corrected chi connectivity index (χ4v) is 4.75. The highest BCUT2D eigenvalue weighted by Crippen LogP contribution is 2.42. The lowest BCUT2D eigenvalue weighted by molar-refractivity contribution is 0.0971. The molecule has 2 heterocycles. The lowest BCUT2D eigenvalue weighted by atomic mass is 9.98. The first-order chi connectivity index (χ1) is 16.0. The maximum absolute atomic E-state index is 13.7. The molecule has 7 heteroatoms. The summed E-state index contributed by atoms with van der Waals surface area (Å²) >= 11 is 6.88. The van der Waals surface area contributed by atoms with Crippen molar-refractivity contribution in [1.29, 1.82) is 0 Å². The second-order valence-corrected chi connectivity index (χ2v) is 9.62. The predicted octanol–water partition coefficient (Wildman–Crippen LogP) is 6.86. The van der Waals surface area contributed by atoms with Gasteiger partial charge < -0.3 is 9.15 Å². The lowest BCUT2D eigenvalue weighted by Gasteiger charge is -2.25. The molecule has 1 aliphatic rings. The van der Waals surface area contributed by atoms with Crippen LogP contribution in [-0.4, -0.2) is 12.5 Å². The standard InChI is InChI=1S/C26H19Br2NO4/c1-2-12-32-19-5-3-4-15(13-19)23-22-24(30)20-14-17(28)8-11-21(20)33-25(22)26(31)29(23)18-9-6-16(27)7-10-18/h3-11,13-14,23H,2,12H2,1H3. The third kappa shape index (κ3) is 3.89. The Morgan fingerprint density at radius 2 is 1.73 bits per heavy atom. The number of amides is 1. The molecule has 1 amide bonds. The molecule has 0 aliphatic carbocycles. The molecular weight excluding hydrogens is 550 g/mol. The van der Waals surface area contributed by atoms with Crippen molar-refractivity contribution in [2.45, 2.75) is 19.4 Å². The van der Waals surface area contributed by atoms with Gasteiger partial charge in [0.2, 0.25) is 5.76 Å². The van der Waals surface area contributed by atoms with E-state index in [4.69, 9.17) is 9.15 Å². The molecule has 1 aliphatic heterocycles. The first-order valence-electron chi connectivity index (χ1n) is 10.6. The third-order valence-electron chi connectivity index (χ3n) is 5.58. The fraction of sp³-hybridized carbons (Fsp3) is 0.154. The van der Waals surface area contributed by atoms with Crippen molar-refractivity contribution < 1.29 is 13.9 Å². The molecule has 0 spiro atoms. The minimum absolute atomic E-state index is 0.0719. The summed E-state index contributed by atoms with van der Waals surface area (Å²) in [5.74, 6) is 0.417. The molecule has 3 aromatic carbocycles. The monoisotopic (exact) mass is 567 g/mol. The van der Waals surface area contributed by atoms with Gasteiger partial charge in [-0.25, -0.2) is 0 Å². The van der Waals surface area contributed by atoms with E-state index in [0.29, 0.717) is 34.6 Å². The van der Waals surface area contributed by atoms with Gasteiger partial charge >= 0.3 is 0 Å². The molecule has 166 valence electrons. The topological polar surface area (TPSA) is 59.8 Å². The maximum Gasteiger partial charge on any atom is 0.295 e. The van der Waals surface area contributed by atoms with Crippen LogP contribution in [0.3, 0.4) is 0 Å². The molecule has 33 heavy (non-hydrogen) atoms. The van der Waals surface area contributed by atoms with Crippen molar-refractivity contribution in [3.05, 3.63) is 103 Å². The number of halogens is 2. The van der Waals surface area contributed by atoms with E-state index in [1.807, 2.05) is 55.5 Å². The molecule has 5 nitrogen and oxygen atoms in total. The molecule has 0 N–H and O–H groups in total. The van der Waals surface area contributed by atoms with Gasteiger partial charge in [-0.3, -0.25) is 14.5 Å². The molecule has 4 aromatic rings. The van der Waals surface area contributed by atoms with Crippen LogP contribution in [0.25, 0.3) is 11.0 Å². The van der Waals surface area contributed by atoms with Gasteiger partial charge in [-0.2, -0.15) is 0 Å². The highest BCUT2D eigenvalue weighted by molar-refractivity contribution is 9.10. The number of ether oxygens (including phenoxy) is 1. The summed E-state index contributed by atoms with van der Waals surface area (Å²) in [4.78, 5) is 28.9. The van der Waals surface area contributed by atoms with Gasteiger partial charge in [-0.1, -0.05) is 50.9 Å². The summed E-state index contributed by atoms with van der Waals surface area (Å²) in [6.07, 6.45) is 0.879. The number of nitrogens with zero attached hydrogens (tertiary/aromatic N) is 1. The van der Waals surface area contributed by atoms with Gasteiger partial charge in [-0.05, 0) is 66.6 Å². The summed E-state index contributed by atoms with van der Waals surface area (Å²) in [6, 6.07) is 19.5. The van der Waals surface area contributed by atoms with Crippen LogP contribution in [-0.2, 0) is 0 Å². The van der Waals surface area contributed by atoms with Crippen LogP contribution in [0.15, 0.2) is 84.9 Å². The number of carbonyl (C=O) groups excluding carboxylic acids is 1. The van der Waals surface area contributed by atoms with E-state index >= 15 is 0 Å². The van der Waals surface area contributed by atoms with Gasteiger partial charge in [0.05, 0.1) is 23.6 Å². The summed E-state index contributed by atoms with van der Waals surface area (Å²) in [6.45, 7) is 2.63. The van der Waals surface area contributed by atoms with E-state index in [-0.39, 0.29) is 17.1 Å². The van der Waals surface area contributed by atoms with Crippen LogP contribution in [0.4, 0.5) is 5.69 Å². The van der Waals surface area contributed by atoms with E-state index in [9.17, 15) is 9.59 Å². The number of carbonyl (C=O) groups is 1. The molecule has 0 bridgehead atoms. The zero-order valence-corrected chi connectivity index (χ0v) is 20.9.